The second-order valence-electron chi connectivity index (χ2n) is 6.96. The van der Waals surface area contributed by atoms with E-state index >= 15 is 0 Å². The molecular formula is C18H23NO5. The minimum atomic E-state index is -1.03. The standard InChI is InChI=1S/C18H23NO5/c1-18(2,3)24-17(23)14-8-5-9-19(14)15(20)11-12-6-4-7-13(10-12)16(21)22/h4,6-7,10,14H,5,8-9,11H2,1-3H3,(H,21,22)/t14-/m1/s1. The van der Waals surface area contributed by atoms with Gasteiger partial charge in [-0.3, -0.25) is 4.79 Å². The fourth-order valence-electron chi connectivity index (χ4n) is 2.77. The Bertz CT molecular complexity index is 647. The average Bonchev–Trinajstić information content (AvgIpc) is 2.95. The van der Waals surface area contributed by atoms with Crippen molar-refractivity contribution in [2.45, 2.75) is 51.7 Å². The van der Waals surface area contributed by atoms with Crippen molar-refractivity contribution in [2.24, 2.45) is 0 Å². The fourth-order valence-corrected chi connectivity index (χ4v) is 2.77. The van der Waals surface area contributed by atoms with Gasteiger partial charge in [0.2, 0.25) is 5.91 Å². The Hall–Kier alpha value is -2.37. The van der Waals surface area contributed by atoms with Crippen LogP contribution in [0.3, 0.4) is 0 Å². The van der Waals surface area contributed by atoms with Crippen molar-refractivity contribution in [2.75, 3.05) is 6.54 Å². The highest BCUT2D eigenvalue weighted by Gasteiger charge is 2.36. The number of carboxylic acid groups (broad SMARTS) is 1. The zero-order valence-corrected chi connectivity index (χ0v) is 14.2. The maximum Gasteiger partial charge on any atom is 0.335 e. The first-order valence-electron chi connectivity index (χ1n) is 8.02. The molecule has 0 unspecified atom stereocenters. The van der Waals surface area contributed by atoms with Crippen LogP contribution in [-0.2, 0) is 20.7 Å². The molecule has 1 aromatic rings. The van der Waals surface area contributed by atoms with Crippen LogP contribution < -0.4 is 0 Å². The van der Waals surface area contributed by atoms with Crippen molar-refractivity contribution in [3.05, 3.63) is 35.4 Å². The van der Waals surface area contributed by atoms with E-state index in [1.54, 1.807) is 37.8 Å². The summed E-state index contributed by atoms with van der Waals surface area (Å²) >= 11 is 0. The summed E-state index contributed by atoms with van der Waals surface area (Å²) in [4.78, 5) is 37.4. The maximum absolute atomic E-state index is 12.5. The molecule has 1 aliphatic heterocycles. The number of aromatic carboxylic acids is 1. The number of carbonyl (C=O) groups is 3. The van der Waals surface area contributed by atoms with Crippen LogP contribution in [0.1, 0.15) is 49.5 Å². The Morgan fingerprint density at radius 2 is 2.00 bits per heavy atom. The molecule has 6 nitrogen and oxygen atoms in total. The van der Waals surface area contributed by atoms with Crippen molar-refractivity contribution in [3.8, 4) is 0 Å². The molecule has 0 bridgehead atoms. The number of carboxylic acids is 1. The SMILES string of the molecule is CC(C)(C)OC(=O)[C@H]1CCCN1C(=O)Cc1cccc(C(=O)O)c1. The van der Waals surface area contributed by atoms with Crippen LogP contribution in [0.5, 0.6) is 0 Å². The second-order valence-corrected chi connectivity index (χ2v) is 6.96. The molecule has 0 saturated carbocycles. The van der Waals surface area contributed by atoms with Gasteiger partial charge in [-0.2, -0.15) is 0 Å². The lowest BCUT2D eigenvalue weighted by atomic mass is 10.1. The Labute approximate surface area is 141 Å². The number of esters is 1. The predicted octanol–water partition coefficient (Wildman–Crippen LogP) is 2.26. The van der Waals surface area contributed by atoms with Gasteiger partial charge < -0.3 is 14.7 Å². The van der Waals surface area contributed by atoms with E-state index in [1.807, 2.05) is 0 Å². The van der Waals surface area contributed by atoms with Crippen molar-refractivity contribution in [1.29, 1.82) is 0 Å². The van der Waals surface area contributed by atoms with E-state index in [0.717, 1.165) is 6.42 Å². The van der Waals surface area contributed by atoms with E-state index < -0.39 is 17.6 Å². The number of benzene rings is 1. The molecule has 130 valence electrons. The topological polar surface area (TPSA) is 83.9 Å². The van der Waals surface area contributed by atoms with Crippen LogP contribution in [0.15, 0.2) is 24.3 Å². The van der Waals surface area contributed by atoms with Gasteiger partial charge in [0.25, 0.3) is 0 Å². The molecule has 1 saturated heterocycles. The Morgan fingerprint density at radius 3 is 2.62 bits per heavy atom. The van der Waals surface area contributed by atoms with E-state index in [4.69, 9.17) is 9.84 Å². The lowest BCUT2D eigenvalue weighted by molar-refractivity contribution is -0.163. The molecule has 1 amide bonds. The third-order valence-corrected chi connectivity index (χ3v) is 3.78. The number of amides is 1. The van der Waals surface area contributed by atoms with E-state index in [9.17, 15) is 14.4 Å². The van der Waals surface area contributed by atoms with E-state index in [2.05, 4.69) is 0 Å². The molecule has 0 radical (unpaired) electrons. The van der Waals surface area contributed by atoms with Gasteiger partial charge in [0.05, 0.1) is 12.0 Å². The van der Waals surface area contributed by atoms with Gasteiger partial charge in [-0.1, -0.05) is 12.1 Å². The Balaban J connectivity index is 2.07. The number of likely N-dealkylation sites (tertiary alicyclic amines) is 1. The van der Waals surface area contributed by atoms with Crippen molar-refractivity contribution < 1.29 is 24.2 Å². The third kappa shape index (κ3) is 4.57. The fraction of sp³-hybridized carbons (Fsp3) is 0.500. The second kappa shape index (κ2) is 7.03. The highest BCUT2D eigenvalue weighted by Crippen LogP contribution is 2.22. The molecule has 24 heavy (non-hydrogen) atoms. The maximum atomic E-state index is 12.5. The van der Waals surface area contributed by atoms with Crippen molar-refractivity contribution in [1.82, 2.24) is 4.90 Å². The quantitative estimate of drug-likeness (QED) is 0.855. The number of carbonyl (C=O) groups excluding carboxylic acids is 2. The number of hydrogen-bond acceptors (Lipinski definition) is 4. The highest BCUT2D eigenvalue weighted by atomic mass is 16.6. The minimum absolute atomic E-state index is 0.0699. The van der Waals surface area contributed by atoms with Gasteiger partial charge in [-0.25, -0.2) is 9.59 Å². The highest BCUT2D eigenvalue weighted by molar-refractivity contribution is 5.89. The molecule has 1 heterocycles. The van der Waals surface area contributed by atoms with Crippen LogP contribution >= 0.6 is 0 Å². The van der Waals surface area contributed by atoms with Gasteiger partial charge in [0.15, 0.2) is 0 Å². The zero-order valence-electron chi connectivity index (χ0n) is 14.2. The van der Waals surface area contributed by atoms with E-state index in [-0.39, 0.29) is 23.9 Å². The molecule has 1 aliphatic rings. The molecule has 2 rings (SSSR count). The van der Waals surface area contributed by atoms with Crippen LogP contribution in [0.25, 0.3) is 0 Å². The van der Waals surface area contributed by atoms with Crippen LogP contribution in [0.2, 0.25) is 0 Å². The smallest absolute Gasteiger partial charge is 0.335 e. The van der Waals surface area contributed by atoms with Gasteiger partial charge >= 0.3 is 11.9 Å². The van der Waals surface area contributed by atoms with Crippen LogP contribution in [-0.4, -0.2) is 46.0 Å². The van der Waals surface area contributed by atoms with Gasteiger partial charge in [-0.05, 0) is 51.3 Å². The largest absolute Gasteiger partial charge is 0.478 e. The Kier molecular flexibility index (Phi) is 5.26. The van der Waals surface area contributed by atoms with Crippen LogP contribution in [0.4, 0.5) is 0 Å². The predicted molar refractivity (Wildman–Crippen MR) is 87.7 cm³/mol. The zero-order chi connectivity index (χ0) is 17.9. The van der Waals surface area contributed by atoms with Crippen LogP contribution in [0, 0.1) is 0 Å². The molecule has 1 aromatic carbocycles. The number of ether oxygens (including phenoxy) is 1. The number of nitrogens with zero attached hydrogens (tertiary/aromatic N) is 1. The molecule has 0 spiro atoms. The van der Waals surface area contributed by atoms with E-state index in [0.29, 0.717) is 18.5 Å². The Morgan fingerprint density at radius 1 is 1.29 bits per heavy atom. The van der Waals surface area contributed by atoms with Gasteiger partial charge in [0, 0.05) is 6.54 Å². The number of hydrogen-bond donors (Lipinski definition) is 1. The normalized spacial score (nSPS) is 17.6. The molecule has 0 aromatic heterocycles. The number of rotatable bonds is 4. The summed E-state index contributed by atoms with van der Waals surface area (Å²) in [5, 5.41) is 9.02. The summed E-state index contributed by atoms with van der Waals surface area (Å²) < 4.78 is 5.39. The third-order valence-electron chi connectivity index (χ3n) is 3.78. The van der Waals surface area contributed by atoms with Crippen molar-refractivity contribution >= 4 is 17.8 Å². The monoisotopic (exact) mass is 333 g/mol. The first kappa shape index (κ1) is 18.0. The molecule has 1 atom stereocenters. The summed E-state index contributed by atoms with van der Waals surface area (Å²) in [5.74, 6) is -1.60. The van der Waals surface area contributed by atoms with Gasteiger partial charge in [0.1, 0.15) is 11.6 Å². The molecule has 0 aliphatic carbocycles. The summed E-state index contributed by atoms with van der Waals surface area (Å²) in [6.45, 7) is 5.90. The first-order chi connectivity index (χ1) is 11.2. The van der Waals surface area contributed by atoms with Gasteiger partial charge in [-0.15, -0.1) is 0 Å². The molecule has 6 heteroatoms. The summed E-state index contributed by atoms with van der Waals surface area (Å²) in [6.07, 6.45) is 1.42. The molecular weight excluding hydrogens is 310 g/mol. The van der Waals surface area contributed by atoms with Crippen molar-refractivity contribution in [3.63, 3.8) is 0 Å². The van der Waals surface area contributed by atoms with E-state index in [1.165, 1.54) is 12.1 Å². The molecule has 1 N–H and O–H groups in total. The molecule has 1 fully saturated rings. The lowest BCUT2D eigenvalue weighted by Gasteiger charge is -2.27. The summed E-state index contributed by atoms with van der Waals surface area (Å²) in [7, 11) is 0. The minimum Gasteiger partial charge on any atom is -0.478 e. The lowest BCUT2D eigenvalue weighted by Crippen LogP contribution is -2.44. The summed E-state index contributed by atoms with van der Waals surface area (Å²) in [6, 6.07) is 5.73. The average molecular weight is 333 g/mol. The summed E-state index contributed by atoms with van der Waals surface area (Å²) in [5.41, 5.74) is 0.171. The first-order valence-corrected chi connectivity index (χ1v) is 8.02.